The molecule has 0 radical (unpaired) electrons. The maximum absolute atomic E-state index is 6.00. The number of benzene rings is 1. The minimum Gasteiger partial charge on any atom is -0.398 e. The van der Waals surface area contributed by atoms with Crippen LogP contribution in [0.3, 0.4) is 0 Å². The Hall–Kier alpha value is -2.36. The zero-order chi connectivity index (χ0) is 12.5. The van der Waals surface area contributed by atoms with Gasteiger partial charge in [0.1, 0.15) is 5.82 Å². The van der Waals surface area contributed by atoms with E-state index >= 15 is 0 Å². The normalized spacial score (nSPS) is 10.9. The summed E-state index contributed by atoms with van der Waals surface area (Å²) in [5, 5.41) is 2.07. The number of nitrogen functional groups attached to an aromatic ring is 1. The van der Waals surface area contributed by atoms with E-state index in [1.165, 1.54) is 0 Å². The van der Waals surface area contributed by atoms with E-state index in [0.29, 0.717) is 0 Å². The predicted octanol–water partition coefficient (Wildman–Crippen LogP) is 2.57. The standard InChI is InChI=1S/C14H14N4/c1-2-14-17-7-8-18(14)13-4-3-12(15)10-5-6-16-9-11(10)13/h3-9H,2,15H2,1H3. The zero-order valence-corrected chi connectivity index (χ0v) is 10.2. The average Bonchev–Trinajstić information content (AvgIpc) is 2.88. The Morgan fingerprint density at radius 2 is 2.06 bits per heavy atom. The van der Waals surface area contributed by atoms with Crippen molar-refractivity contribution >= 4 is 16.5 Å². The fourth-order valence-electron chi connectivity index (χ4n) is 2.22. The molecule has 0 saturated heterocycles. The molecule has 2 heterocycles. The molecule has 3 aromatic rings. The van der Waals surface area contributed by atoms with Crippen LogP contribution < -0.4 is 5.73 Å². The number of hydrogen-bond donors (Lipinski definition) is 1. The summed E-state index contributed by atoms with van der Waals surface area (Å²) in [7, 11) is 0. The van der Waals surface area contributed by atoms with Gasteiger partial charge in [0.15, 0.2) is 0 Å². The van der Waals surface area contributed by atoms with E-state index in [1.807, 2.05) is 36.8 Å². The summed E-state index contributed by atoms with van der Waals surface area (Å²) in [4.78, 5) is 8.54. The van der Waals surface area contributed by atoms with Gasteiger partial charge in [-0.25, -0.2) is 4.98 Å². The lowest BCUT2D eigenvalue weighted by Crippen LogP contribution is -2.01. The van der Waals surface area contributed by atoms with Crippen LogP contribution in [0.4, 0.5) is 5.69 Å². The molecule has 90 valence electrons. The molecule has 4 heteroatoms. The molecular formula is C14H14N4. The van der Waals surface area contributed by atoms with Gasteiger partial charge in [-0.3, -0.25) is 4.98 Å². The van der Waals surface area contributed by atoms with Crippen LogP contribution in [0.5, 0.6) is 0 Å². The molecule has 1 aromatic carbocycles. The van der Waals surface area contributed by atoms with Crippen molar-refractivity contribution in [3.63, 3.8) is 0 Å². The molecule has 0 aliphatic rings. The maximum Gasteiger partial charge on any atom is 0.112 e. The molecule has 18 heavy (non-hydrogen) atoms. The van der Waals surface area contributed by atoms with Gasteiger partial charge >= 0.3 is 0 Å². The highest BCUT2D eigenvalue weighted by Gasteiger charge is 2.08. The van der Waals surface area contributed by atoms with Gasteiger partial charge in [-0.15, -0.1) is 0 Å². The SMILES string of the molecule is CCc1nccn1-c1ccc(N)c2ccncc12. The van der Waals surface area contributed by atoms with Crippen molar-refractivity contribution in [2.75, 3.05) is 5.73 Å². The van der Waals surface area contributed by atoms with Crippen LogP contribution >= 0.6 is 0 Å². The topological polar surface area (TPSA) is 56.7 Å². The highest BCUT2D eigenvalue weighted by Crippen LogP contribution is 2.27. The monoisotopic (exact) mass is 238 g/mol. The van der Waals surface area contributed by atoms with Crippen LogP contribution in [0, 0.1) is 0 Å². The lowest BCUT2D eigenvalue weighted by molar-refractivity contribution is 0.896. The molecule has 0 saturated carbocycles. The summed E-state index contributed by atoms with van der Waals surface area (Å²) in [6.07, 6.45) is 8.28. The van der Waals surface area contributed by atoms with Crippen molar-refractivity contribution in [2.45, 2.75) is 13.3 Å². The molecule has 0 bridgehead atoms. The fourth-order valence-corrected chi connectivity index (χ4v) is 2.22. The summed E-state index contributed by atoms with van der Waals surface area (Å²) < 4.78 is 2.09. The second-order valence-corrected chi connectivity index (χ2v) is 4.16. The zero-order valence-electron chi connectivity index (χ0n) is 10.2. The number of pyridine rings is 1. The largest absolute Gasteiger partial charge is 0.398 e. The van der Waals surface area contributed by atoms with Gasteiger partial charge in [0.05, 0.1) is 5.69 Å². The Kier molecular flexibility index (Phi) is 2.48. The first kappa shape index (κ1) is 10.8. The lowest BCUT2D eigenvalue weighted by Gasteiger charge is -2.11. The van der Waals surface area contributed by atoms with Crippen molar-refractivity contribution in [3.05, 3.63) is 48.8 Å². The summed E-state index contributed by atoms with van der Waals surface area (Å²) in [6.45, 7) is 2.09. The van der Waals surface area contributed by atoms with Crippen molar-refractivity contribution in [2.24, 2.45) is 0 Å². The van der Waals surface area contributed by atoms with E-state index in [4.69, 9.17) is 5.73 Å². The van der Waals surface area contributed by atoms with Crippen LogP contribution in [-0.4, -0.2) is 14.5 Å². The van der Waals surface area contributed by atoms with Gasteiger partial charge in [0.2, 0.25) is 0 Å². The molecular weight excluding hydrogens is 224 g/mol. The molecule has 4 nitrogen and oxygen atoms in total. The Bertz CT molecular complexity index is 700. The maximum atomic E-state index is 6.00. The average molecular weight is 238 g/mol. The van der Waals surface area contributed by atoms with Gasteiger partial charge < -0.3 is 10.3 Å². The molecule has 0 unspecified atom stereocenters. The first-order valence-electron chi connectivity index (χ1n) is 5.96. The summed E-state index contributed by atoms with van der Waals surface area (Å²) in [6, 6.07) is 5.88. The Balaban J connectivity index is 2.34. The lowest BCUT2D eigenvalue weighted by atomic mass is 10.1. The van der Waals surface area contributed by atoms with E-state index in [2.05, 4.69) is 21.5 Å². The first-order valence-corrected chi connectivity index (χ1v) is 5.96. The van der Waals surface area contributed by atoms with Crippen molar-refractivity contribution in [1.29, 1.82) is 0 Å². The number of fused-ring (bicyclic) bond motifs is 1. The number of nitrogens with zero attached hydrogens (tertiary/aromatic N) is 3. The van der Waals surface area contributed by atoms with Gasteiger partial charge in [0, 0.05) is 47.7 Å². The Morgan fingerprint density at radius 3 is 2.89 bits per heavy atom. The Labute approximate surface area is 105 Å². The molecule has 2 aromatic heterocycles. The van der Waals surface area contributed by atoms with Crippen LogP contribution in [0.25, 0.3) is 16.5 Å². The van der Waals surface area contributed by atoms with Crippen molar-refractivity contribution in [1.82, 2.24) is 14.5 Å². The molecule has 0 amide bonds. The number of hydrogen-bond acceptors (Lipinski definition) is 3. The number of rotatable bonds is 2. The van der Waals surface area contributed by atoms with Crippen LogP contribution in [0.15, 0.2) is 43.0 Å². The number of aryl methyl sites for hydroxylation is 1. The number of anilines is 1. The van der Waals surface area contributed by atoms with Crippen LogP contribution in [-0.2, 0) is 6.42 Å². The van der Waals surface area contributed by atoms with Gasteiger partial charge in [-0.2, -0.15) is 0 Å². The second kappa shape index (κ2) is 4.14. The third-order valence-electron chi connectivity index (χ3n) is 3.12. The smallest absolute Gasteiger partial charge is 0.112 e. The molecule has 2 N–H and O–H groups in total. The van der Waals surface area contributed by atoms with Crippen LogP contribution in [0.1, 0.15) is 12.7 Å². The first-order chi connectivity index (χ1) is 8.81. The number of imidazole rings is 1. The molecule has 0 aliphatic heterocycles. The second-order valence-electron chi connectivity index (χ2n) is 4.16. The van der Waals surface area contributed by atoms with E-state index in [9.17, 15) is 0 Å². The fraction of sp³-hybridized carbons (Fsp3) is 0.143. The van der Waals surface area contributed by atoms with Gasteiger partial charge in [-0.05, 0) is 18.2 Å². The number of aromatic nitrogens is 3. The minimum absolute atomic E-state index is 0.773. The quantitative estimate of drug-likeness (QED) is 0.698. The third kappa shape index (κ3) is 1.54. The summed E-state index contributed by atoms with van der Waals surface area (Å²) in [5.74, 6) is 1.03. The molecule has 0 fully saturated rings. The molecule has 0 aliphatic carbocycles. The van der Waals surface area contributed by atoms with Crippen LogP contribution in [0.2, 0.25) is 0 Å². The van der Waals surface area contributed by atoms with E-state index in [1.54, 1.807) is 6.20 Å². The van der Waals surface area contributed by atoms with E-state index in [-0.39, 0.29) is 0 Å². The minimum atomic E-state index is 0.773. The molecule has 0 atom stereocenters. The van der Waals surface area contributed by atoms with Gasteiger partial charge in [0.25, 0.3) is 0 Å². The third-order valence-corrected chi connectivity index (χ3v) is 3.12. The molecule has 0 spiro atoms. The summed E-state index contributed by atoms with van der Waals surface area (Å²) >= 11 is 0. The number of nitrogens with two attached hydrogens (primary N) is 1. The predicted molar refractivity (Wildman–Crippen MR) is 72.7 cm³/mol. The molecule has 3 rings (SSSR count). The highest BCUT2D eigenvalue weighted by atomic mass is 15.1. The van der Waals surface area contributed by atoms with E-state index in [0.717, 1.165) is 34.4 Å². The van der Waals surface area contributed by atoms with Crippen molar-refractivity contribution < 1.29 is 0 Å². The summed E-state index contributed by atoms with van der Waals surface area (Å²) in [5.41, 5.74) is 7.84. The Morgan fingerprint density at radius 1 is 1.17 bits per heavy atom. The van der Waals surface area contributed by atoms with E-state index < -0.39 is 0 Å². The van der Waals surface area contributed by atoms with Gasteiger partial charge in [-0.1, -0.05) is 6.92 Å². The van der Waals surface area contributed by atoms with Crippen molar-refractivity contribution in [3.8, 4) is 5.69 Å². The highest BCUT2D eigenvalue weighted by molar-refractivity contribution is 5.97.